The summed E-state index contributed by atoms with van der Waals surface area (Å²) in [6, 6.07) is 3.83. The number of carboxylic acid groups (broad SMARTS) is 1. The Bertz CT molecular complexity index is 450. The molecule has 1 aromatic carbocycles. The highest BCUT2D eigenvalue weighted by molar-refractivity contribution is 5.73. The molecule has 0 saturated carbocycles. The van der Waals surface area contributed by atoms with Gasteiger partial charge in [0.1, 0.15) is 17.6 Å². The molecule has 2 rings (SSSR count). The van der Waals surface area contributed by atoms with Gasteiger partial charge >= 0.3 is 5.97 Å². The Morgan fingerprint density at radius 3 is 3.06 bits per heavy atom. The number of nitrogens with zero attached hydrogens (tertiary/aromatic N) is 1. The Kier molecular flexibility index (Phi) is 3.81. The van der Waals surface area contributed by atoms with Gasteiger partial charge in [0.25, 0.3) is 0 Å². The number of carbonyl (C=O) groups is 1. The van der Waals surface area contributed by atoms with Gasteiger partial charge in [-0.25, -0.2) is 4.39 Å². The Morgan fingerprint density at radius 2 is 2.39 bits per heavy atom. The van der Waals surface area contributed by atoms with Gasteiger partial charge in [0.2, 0.25) is 0 Å². The first-order valence-corrected chi connectivity index (χ1v) is 5.91. The summed E-state index contributed by atoms with van der Waals surface area (Å²) in [7, 11) is 1.52. The van der Waals surface area contributed by atoms with Crippen LogP contribution in [-0.4, -0.2) is 35.7 Å². The molecule has 1 aliphatic rings. The van der Waals surface area contributed by atoms with Crippen molar-refractivity contribution < 1.29 is 19.0 Å². The average molecular weight is 253 g/mol. The molecule has 0 bridgehead atoms. The van der Waals surface area contributed by atoms with E-state index in [2.05, 4.69) is 0 Å². The number of hydrogen-bond donors (Lipinski definition) is 1. The minimum atomic E-state index is -0.817. The van der Waals surface area contributed by atoms with Crippen molar-refractivity contribution in [2.24, 2.45) is 0 Å². The molecular formula is C13H16FNO3. The van der Waals surface area contributed by atoms with Crippen LogP contribution in [-0.2, 0) is 11.3 Å². The predicted molar refractivity (Wildman–Crippen MR) is 64.0 cm³/mol. The largest absolute Gasteiger partial charge is 0.496 e. The monoisotopic (exact) mass is 253 g/mol. The van der Waals surface area contributed by atoms with E-state index < -0.39 is 12.0 Å². The molecule has 1 saturated heterocycles. The van der Waals surface area contributed by atoms with E-state index >= 15 is 0 Å². The average Bonchev–Trinajstić information content (AvgIpc) is 2.77. The van der Waals surface area contributed by atoms with Crippen LogP contribution in [0.3, 0.4) is 0 Å². The quantitative estimate of drug-likeness (QED) is 0.890. The van der Waals surface area contributed by atoms with E-state index in [0.29, 0.717) is 24.3 Å². The van der Waals surface area contributed by atoms with Crippen LogP contribution in [0.5, 0.6) is 5.75 Å². The molecule has 0 spiro atoms. The molecule has 98 valence electrons. The van der Waals surface area contributed by atoms with Crippen LogP contribution in [0.2, 0.25) is 0 Å². The van der Waals surface area contributed by atoms with Crippen LogP contribution >= 0.6 is 0 Å². The first-order chi connectivity index (χ1) is 8.61. The summed E-state index contributed by atoms with van der Waals surface area (Å²) in [5.41, 5.74) is 0.686. The van der Waals surface area contributed by atoms with Crippen LogP contribution < -0.4 is 4.74 Å². The van der Waals surface area contributed by atoms with E-state index in [1.54, 1.807) is 6.07 Å². The van der Waals surface area contributed by atoms with Gasteiger partial charge in [0.05, 0.1) is 7.11 Å². The molecule has 0 aliphatic carbocycles. The first kappa shape index (κ1) is 12.8. The number of carboxylic acids is 1. The van der Waals surface area contributed by atoms with Crippen molar-refractivity contribution in [2.75, 3.05) is 13.7 Å². The lowest BCUT2D eigenvalue weighted by molar-refractivity contribution is -0.142. The van der Waals surface area contributed by atoms with E-state index in [4.69, 9.17) is 9.84 Å². The number of benzene rings is 1. The maximum atomic E-state index is 13.2. The summed E-state index contributed by atoms with van der Waals surface area (Å²) >= 11 is 0. The van der Waals surface area contributed by atoms with Crippen molar-refractivity contribution in [3.05, 3.63) is 29.6 Å². The second-order valence-electron chi connectivity index (χ2n) is 4.42. The highest BCUT2D eigenvalue weighted by atomic mass is 19.1. The molecule has 0 radical (unpaired) electrons. The molecule has 0 aromatic heterocycles. The smallest absolute Gasteiger partial charge is 0.320 e. The molecule has 1 heterocycles. The zero-order chi connectivity index (χ0) is 13.1. The second-order valence-corrected chi connectivity index (χ2v) is 4.42. The van der Waals surface area contributed by atoms with Crippen molar-refractivity contribution >= 4 is 5.97 Å². The van der Waals surface area contributed by atoms with Crippen LogP contribution in [0.25, 0.3) is 0 Å². The molecule has 0 amide bonds. The summed E-state index contributed by atoms with van der Waals surface area (Å²) in [6.07, 6.45) is 1.50. The van der Waals surface area contributed by atoms with Crippen molar-refractivity contribution in [3.8, 4) is 5.75 Å². The SMILES string of the molecule is COc1ccc(F)cc1CN1CCCC1C(=O)O. The van der Waals surface area contributed by atoms with Crippen LogP contribution in [0, 0.1) is 5.82 Å². The van der Waals surface area contributed by atoms with Gasteiger partial charge in [0.15, 0.2) is 0 Å². The van der Waals surface area contributed by atoms with Crippen LogP contribution in [0.1, 0.15) is 18.4 Å². The van der Waals surface area contributed by atoms with E-state index in [-0.39, 0.29) is 5.82 Å². The standard InChI is InChI=1S/C13H16FNO3/c1-18-12-5-4-10(14)7-9(12)8-15-6-2-3-11(15)13(16)17/h4-5,7,11H,2-3,6,8H2,1H3,(H,16,17). The summed E-state index contributed by atoms with van der Waals surface area (Å²) in [5, 5.41) is 9.10. The van der Waals surface area contributed by atoms with Gasteiger partial charge in [0, 0.05) is 12.1 Å². The van der Waals surface area contributed by atoms with Crippen molar-refractivity contribution in [1.82, 2.24) is 4.90 Å². The minimum absolute atomic E-state index is 0.336. The van der Waals surface area contributed by atoms with Gasteiger partial charge < -0.3 is 9.84 Å². The molecular weight excluding hydrogens is 237 g/mol. The number of hydrogen-bond acceptors (Lipinski definition) is 3. The van der Waals surface area contributed by atoms with Gasteiger partial charge in [-0.05, 0) is 37.6 Å². The molecule has 1 unspecified atom stereocenters. The number of rotatable bonds is 4. The molecule has 5 heteroatoms. The Balaban J connectivity index is 2.18. The third-order valence-electron chi connectivity index (χ3n) is 3.26. The fourth-order valence-corrected chi connectivity index (χ4v) is 2.38. The van der Waals surface area contributed by atoms with Crippen molar-refractivity contribution in [2.45, 2.75) is 25.4 Å². The third-order valence-corrected chi connectivity index (χ3v) is 3.26. The molecule has 18 heavy (non-hydrogen) atoms. The summed E-state index contributed by atoms with van der Waals surface area (Å²) < 4.78 is 18.4. The Labute approximate surface area is 105 Å². The normalized spacial score (nSPS) is 20.0. The van der Waals surface area contributed by atoms with Gasteiger partial charge in [-0.3, -0.25) is 9.69 Å². The molecule has 1 fully saturated rings. The van der Waals surface area contributed by atoms with Gasteiger partial charge in [-0.1, -0.05) is 0 Å². The zero-order valence-corrected chi connectivity index (χ0v) is 10.2. The molecule has 1 aromatic rings. The zero-order valence-electron chi connectivity index (χ0n) is 10.2. The minimum Gasteiger partial charge on any atom is -0.496 e. The number of likely N-dealkylation sites (tertiary alicyclic amines) is 1. The highest BCUT2D eigenvalue weighted by Gasteiger charge is 2.30. The Hall–Kier alpha value is -1.62. The predicted octanol–water partition coefficient (Wildman–Crippen LogP) is 1.88. The lowest BCUT2D eigenvalue weighted by Crippen LogP contribution is -2.35. The molecule has 1 aliphatic heterocycles. The second kappa shape index (κ2) is 5.35. The van der Waals surface area contributed by atoms with Gasteiger partial charge in [-0.2, -0.15) is 0 Å². The number of methoxy groups -OCH3 is 1. The lowest BCUT2D eigenvalue weighted by atomic mass is 10.1. The number of aliphatic carboxylic acids is 1. The van der Waals surface area contributed by atoms with Crippen LogP contribution in [0.4, 0.5) is 4.39 Å². The van der Waals surface area contributed by atoms with Gasteiger partial charge in [-0.15, -0.1) is 0 Å². The first-order valence-electron chi connectivity index (χ1n) is 5.91. The fraction of sp³-hybridized carbons (Fsp3) is 0.462. The van der Waals surface area contributed by atoms with Crippen LogP contribution in [0.15, 0.2) is 18.2 Å². The summed E-state index contributed by atoms with van der Waals surface area (Å²) in [4.78, 5) is 12.9. The maximum absolute atomic E-state index is 13.2. The molecule has 4 nitrogen and oxygen atoms in total. The fourth-order valence-electron chi connectivity index (χ4n) is 2.38. The molecule has 1 atom stereocenters. The Morgan fingerprint density at radius 1 is 1.61 bits per heavy atom. The number of ether oxygens (including phenoxy) is 1. The maximum Gasteiger partial charge on any atom is 0.320 e. The van der Waals surface area contributed by atoms with E-state index in [0.717, 1.165) is 13.0 Å². The third kappa shape index (κ3) is 2.61. The molecule has 1 N–H and O–H groups in total. The summed E-state index contributed by atoms with van der Waals surface area (Å²) in [6.45, 7) is 1.12. The van der Waals surface area contributed by atoms with E-state index in [9.17, 15) is 9.18 Å². The summed E-state index contributed by atoms with van der Waals surface area (Å²) in [5.74, 6) is -0.563. The van der Waals surface area contributed by atoms with Crippen molar-refractivity contribution in [3.63, 3.8) is 0 Å². The highest BCUT2D eigenvalue weighted by Crippen LogP contribution is 2.25. The number of halogens is 1. The van der Waals surface area contributed by atoms with Crippen molar-refractivity contribution in [1.29, 1.82) is 0 Å². The topological polar surface area (TPSA) is 49.8 Å². The lowest BCUT2D eigenvalue weighted by Gasteiger charge is -2.22. The van der Waals surface area contributed by atoms with E-state index in [1.807, 2.05) is 4.90 Å². The van der Waals surface area contributed by atoms with E-state index in [1.165, 1.54) is 19.2 Å².